The second kappa shape index (κ2) is 9.84. The minimum atomic E-state index is -0.248. The van der Waals surface area contributed by atoms with Crippen LogP contribution in [0, 0.1) is 6.92 Å². The van der Waals surface area contributed by atoms with E-state index in [-0.39, 0.29) is 18.4 Å². The van der Waals surface area contributed by atoms with Crippen LogP contribution in [0.15, 0.2) is 89.3 Å². The van der Waals surface area contributed by atoms with Crippen molar-refractivity contribution in [1.82, 2.24) is 0 Å². The first-order valence-corrected chi connectivity index (χ1v) is 11.5. The number of rotatable bonds is 7. The second-order valence-corrected chi connectivity index (χ2v) is 8.35. The Bertz CT molecular complexity index is 1570. The smallest absolute Gasteiger partial charge is 0.255 e. The number of anilines is 3. The lowest BCUT2D eigenvalue weighted by atomic mass is 10.1. The molecule has 1 aromatic heterocycles. The molecule has 5 aromatic rings. The zero-order valence-corrected chi connectivity index (χ0v) is 19.9. The van der Waals surface area contributed by atoms with E-state index in [1.807, 2.05) is 73.7 Å². The van der Waals surface area contributed by atoms with E-state index in [4.69, 9.17) is 9.15 Å². The number of ether oxygens (including phenoxy) is 1. The van der Waals surface area contributed by atoms with Crippen LogP contribution in [0.3, 0.4) is 0 Å². The molecule has 0 aliphatic rings. The van der Waals surface area contributed by atoms with Crippen molar-refractivity contribution in [3.8, 4) is 5.75 Å². The molecule has 0 fully saturated rings. The molecule has 180 valence electrons. The first kappa shape index (κ1) is 23.0. The Labute approximate surface area is 208 Å². The van der Waals surface area contributed by atoms with Gasteiger partial charge in [0.05, 0.1) is 19.3 Å². The van der Waals surface area contributed by atoms with Crippen LogP contribution in [-0.4, -0.2) is 25.5 Å². The summed E-state index contributed by atoms with van der Waals surface area (Å²) >= 11 is 0. The molecule has 3 N–H and O–H groups in total. The van der Waals surface area contributed by atoms with Crippen molar-refractivity contribution in [2.75, 3.05) is 29.6 Å². The zero-order valence-electron chi connectivity index (χ0n) is 19.9. The van der Waals surface area contributed by atoms with Gasteiger partial charge in [-0.3, -0.25) is 9.59 Å². The molecule has 4 aromatic carbocycles. The van der Waals surface area contributed by atoms with Gasteiger partial charge < -0.3 is 25.1 Å². The molecular formula is C29H25N3O4. The lowest BCUT2D eigenvalue weighted by Gasteiger charge is -2.15. The van der Waals surface area contributed by atoms with Crippen molar-refractivity contribution in [3.63, 3.8) is 0 Å². The Morgan fingerprint density at radius 2 is 1.53 bits per heavy atom. The number of benzene rings is 4. The first-order chi connectivity index (χ1) is 17.5. The fraction of sp³-hybridized carbons (Fsp3) is 0.103. The highest BCUT2D eigenvalue weighted by atomic mass is 16.5. The van der Waals surface area contributed by atoms with Crippen LogP contribution < -0.4 is 20.7 Å². The van der Waals surface area contributed by atoms with E-state index in [2.05, 4.69) is 16.0 Å². The maximum atomic E-state index is 12.8. The molecule has 0 radical (unpaired) electrons. The van der Waals surface area contributed by atoms with Gasteiger partial charge in [0.15, 0.2) is 0 Å². The van der Waals surface area contributed by atoms with Gasteiger partial charge in [0.2, 0.25) is 5.91 Å². The number of methoxy groups -OCH3 is 1. The fourth-order valence-corrected chi connectivity index (χ4v) is 4.13. The molecule has 0 saturated heterocycles. The monoisotopic (exact) mass is 479 g/mol. The Balaban J connectivity index is 1.29. The molecule has 0 atom stereocenters. The van der Waals surface area contributed by atoms with Crippen molar-refractivity contribution in [1.29, 1.82) is 0 Å². The van der Waals surface area contributed by atoms with Gasteiger partial charge in [-0.1, -0.05) is 42.5 Å². The van der Waals surface area contributed by atoms with E-state index in [0.717, 1.165) is 27.6 Å². The topological polar surface area (TPSA) is 92.6 Å². The van der Waals surface area contributed by atoms with E-state index >= 15 is 0 Å². The van der Waals surface area contributed by atoms with Crippen molar-refractivity contribution in [2.45, 2.75) is 6.92 Å². The molecule has 36 heavy (non-hydrogen) atoms. The number of carbonyl (C=O) groups is 2. The summed E-state index contributed by atoms with van der Waals surface area (Å²) in [4.78, 5) is 25.3. The number of para-hydroxylation sites is 1. The van der Waals surface area contributed by atoms with Crippen LogP contribution in [0.5, 0.6) is 5.75 Å². The molecule has 0 saturated carbocycles. The average molecular weight is 480 g/mol. The SMILES string of the molecule is COc1cc2c(cc1NC(=O)CNc1cccc(NC(=O)c3ccccc3)c1C)oc1ccccc12. The lowest BCUT2D eigenvalue weighted by Crippen LogP contribution is -2.22. The van der Waals surface area contributed by atoms with Crippen molar-refractivity contribution in [2.24, 2.45) is 0 Å². The van der Waals surface area contributed by atoms with Gasteiger partial charge in [0, 0.05) is 33.8 Å². The van der Waals surface area contributed by atoms with E-state index in [9.17, 15) is 9.59 Å². The number of carbonyl (C=O) groups excluding carboxylic acids is 2. The number of hydrogen-bond donors (Lipinski definition) is 3. The number of nitrogens with one attached hydrogen (secondary N) is 3. The Morgan fingerprint density at radius 3 is 2.33 bits per heavy atom. The standard InChI is InChI=1S/C29H25N3O4/c1-18-22(12-8-13-23(18)32-29(34)19-9-4-3-5-10-19)30-17-28(33)31-24-16-26-21(15-27(24)35-2)20-11-6-7-14-25(20)36-26/h3-16,30H,17H2,1-2H3,(H,31,33)(H,32,34). The molecule has 1 heterocycles. The molecule has 0 aliphatic carbocycles. The van der Waals surface area contributed by atoms with Crippen LogP contribution in [0.1, 0.15) is 15.9 Å². The van der Waals surface area contributed by atoms with Crippen molar-refractivity contribution >= 4 is 50.8 Å². The van der Waals surface area contributed by atoms with Gasteiger partial charge in [-0.15, -0.1) is 0 Å². The minimum Gasteiger partial charge on any atom is -0.495 e. The van der Waals surface area contributed by atoms with Gasteiger partial charge in [-0.05, 0) is 48.9 Å². The van der Waals surface area contributed by atoms with Crippen molar-refractivity contribution < 1.29 is 18.7 Å². The first-order valence-electron chi connectivity index (χ1n) is 11.5. The van der Waals surface area contributed by atoms with Crippen LogP contribution in [0.25, 0.3) is 21.9 Å². The zero-order chi connectivity index (χ0) is 25.1. The maximum absolute atomic E-state index is 12.8. The fourth-order valence-electron chi connectivity index (χ4n) is 4.13. The Kier molecular flexibility index (Phi) is 6.28. The molecule has 0 aliphatic heterocycles. The van der Waals surface area contributed by atoms with E-state index in [1.54, 1.807) is 25.3 Å². The Morgan fingerprint density at radius 1 is 0.778 bits per heavy atom. The Hall–Kier alpha value is -4.78. The number of amides is 2. The second-order valence-electron chi connectivity index (χ2n) is 8.35. The maximum Gasteiger partial charge on any atom is 0.255 e. The average Bonchev–Trinajstić information content (AvgIpc) is 3.26. The third kappa shape index (κ3) is 4.59. The van der Waals surface area contributed by atoms with Crippen LogP contribution >= 0.6 is 0 Å². The molecule has 0 bridgehead atoms. The van der Waals surface area contributed by atoms with E-state index in [0.29, 0.717) is 28.3 Å². The van der Waals surface area contributed by atoms with Gasteiger partial charge in [-0.25, -0.2) is 0 Å². The molecule has 0 spiro atoms. The largest absolute Gasteiger partial charge is 0.495 e. The molecule has 5 rings (SSSR count). The number of furan rings is 1. The van der Waals surface area contributed by atoms with E-state index in [1.165, 1.54) is 0 Å². The van der Waals surface area contributed by atoms with Gasteiger partial charge in [-0.2, -0.15) is 0 Å². The van der Waals surface area contributed by atoms with Crippen LogP contribution in [-0.2, 0) is 4.79 Å². The van der Waals surface area contributed by atoms with E-state index < -0.39 is 0 Å². The van der Waals surface area contributed by atoms with Crippen LogP contribution in [0.2, 0.25) is 0 Å². The van der Waals surface area contributed by atoms with Crippen LogP contribution in [0.4, 0.5) is 17.1 Å². The summed E-state index contributed by atoms with van der Waals surface area (Å²) in [7, 11) is 1.57. The summed E-state index contributed by atoms with van der Waals surface area (Å²) in [6.07, 6.45) is 0. The summed E-state index contributed by atoms with van der Waals surface area (Å²) in [5, 5.41) is 10.9. The summed E-state index contributed by atoms with van der Waals surface area (Å²) in [5.41, 5.74) is 4.78. The quantitative estimate of drug-likeness (QED) is 0.258. The molecular weight excluding hydrogens is 454 g/mol. The third-order valence-electron chi connectivity index (χ3n) is 6.03. The summed E-state index contributed by atoms with van der Waals surface area (Å²) in [6.45, 7) is 1.91. The predicted molar refractivity (Wildman–Crippen MR) is 143 cm³/mol. The molecule has 7 heteroatoms. The van der Waals surface area contributed by atoms with Crippen molar-refractivity contribution in [3.05, 3.63) is 96.1 Å². The summed E-state index contributed by atoms with van der Waals surface area (Å²) < 4.78 is 11.5. The normalized spacial score (nSPS) is 10.8. The lowest BCUT2D eigenvalue weighted by molar-refractivity contribution is -0.114. The molecule has 2 amide bonds. The minimum absolute atomic E-state index is 0.0260. The third-order valence-corrected chi connectivity index (χ3v) is 6.03. The highest BCUT2D eigenvalue weighted by Gasteiger charge is 2.15. The van der Waals surface area contributed by atoms with Gasteiger partial charge >= 0.3 is 0 Å². The highest BCUT2D eigenvalue weighted by molar-refractivity contribution is 6.08. The highest BCUT2D eigenvalue weighted by Crippen LogP contribution is 2.36. The number of fused-ring (bicyclic) bond motifs is 3. The molecule has 0 unspecified atom stereocenters. The van der Waals surface area contributed by atoms with Gasteiger partial charge in [0.25, 0.3) is 5.91 Å². The summed E-state index contributed by atoms with van der Waals surface area (Å²) in [5.74, 6) is 0.104. The van der Waals surface area contributed by atoms with Gasteiger partial charge in [0.1, 0.15) is 16.9 Å². The predicted octanol–water partition coefficient (Wildman–Crippen LogP) is 6.21. The molecule has 7 nitrogen and oxygen atoms in total. The summed E-state index contributed by atoms with van der Waals surface area (Å²) in [6, 6.07) is 25.9. The number of hydrogen-bond acceptors (Lipinski definition) is 5.